The number of carbonyl (C=O) groups excluding carboxylic acids is 1. The third-order valence-electron chi connectivity index (χ3n) is 3.43. The molecule has 3 nitrogen and oxygen atoms in total. The molecule has 2 aromatic rings. The molecule has 0 aliphatic heterocycles. The minimum Gasteiger partial charge on any atom is -0.369 e. The highest BCUT2D eigenvalue weighted by Gasteiger charge is 2.15. The van der Waals surface area contributed by atoms with Gasteiger partial charge in [0.15, 0.2) is 0 Å². The van der Waals surface area contributed by atoms with Crippen LogP contribution in [0.1, 0.15) is 36.7 Å². The molecule has 1 amide bonds. The van der Waals surface area contributed by atoms with Crippen LogP contribution in [0.2, 0.25) is 0 Å². The van der Waals surface area contributed by atoms with E-state index in [2.05, 4.69) is 24.0 Å². The Hall–Kier alpha value is -1.90. The summed E-state index contributed by atoms with van der Waals surface area (Å²) in [5.74, 6) is -0.687. The van der Waals surface area contributed by atoms with Gasteiger partial charge in [-0.25, -0.2) is 0 Å². The number of carbonyl (C=O) groups is 1. The number of hydrogen-bond donors (Lipinski definition) is 1. The van der Waals surface area contributed by atoms with Crippen LogP contribution in [0.25, 0.3) is 10.8 Å². The molecule has 0 fully saturated rings. The van der Waals surface area contributed by atoms with E-state index >= 15 is 0 Å². The SMILES string of the molecule is CCc1cccc2c(C)nc(C(C)C(N)=O)cc12. The zero-order valence-corrected chi connectivity index (χ0v) is 11.0. The van der Waals surface area contributed by atoms with Crippen molar-refractivity contribution in [1.82, 2.24) is 4.98 Å². The number of nitrogens with zero attached hydrogens (tertiary/aromatic N) is 1. The number of rotatable bonds is 3. The smallest absolute Gasteiger partial charge is 0.226 e. The number of aromatic nitrogens is 1. The predicted molar refractivity (Wildman–Crippen MR) is 73.5 cm³/mol. The van der Waals surface area contributed by atoms with Gasteiger partial charge in [0.25, 0.3) is 0 Å². The fraction of sp³-hybridized carbons (Fsp3) is 0.333. The summed E-state index contributed by atoms with van der Waals surface area (Å²) in [7, 11) is 0. The second-order valence-electron chi connectivity index (χ2n) is 4.62. The van der Waals surface area contributed by atoms with E-state index < -0.39 is 0 Å². The number of hydrogen-bond acceptors (Lipinski definition) is 2. The first-order valence-electron chi connectivity index (χ1n) is 6.23. The Morgan fingerprint density at radius 3 is 2.72 bits per heavy atom. The molecule has 0 saturated heterocycles. The van der Waals surface area contributed by atoms with Crippen LogP contribution in [0.5, 0.6) is 0 Å². The Kier molecular flexibility index (Phi) is 3.32. The van der Waals surface area contributed by atoms with E-state index in [1.807, 2.05) is 19.1 Å². The summed E-state index contributed by atoms with van der Waals surface area (Å²) in [6, 6.07) is 8.22. The van der Waals surface area contributed by atoms with Crippen molar-refractivity contribution >= 4 is 16.7 Å². The van der Waals surface area contributed by atoms with Gasteiger partial charge in [0.1, 0.15) is 0 Å². The predicted octanol–water partition coefficient (Wildman–Crippen LogP) is 2.69. The van der Waals surface area contributed by atoms with E-state index in [4.69, 9.17) is 5.73 Å². The molecule has 1 heterocycles. The lowest BCUT2D eigenvalue weighted by atomic mass is 9.98. The van der Waals surface area contributed by atoms with Crippen molar-refractivity contribution < 1.29 is 4.79 Å². The maximum Gasteiger partial charge on any atom is 0.226 e. The monoisotopic (exact) mass is 242 g/mol. The van der Waals surface area contributed by atoms with Crippen molar-refractivity contribution in [3.8, 4) is 0 Å². The highest BCUT2D eigenvalue weighted by atomic mass is 16.1. The Balaban J connectivity index is 2.70. The summed E-state index contributed by atoms with van der Waals surface area (Å²) < 4.78 is 0. The molecule has 2 rings (SSSR count). The van der Waals surface area contributed by atoms with Gasteiger partial charge >= 0.3 is 0 Å². The van der Waals surface area contributed by atoms with Gasteiger partial charge in [-0.1, -0.05) is 25.1 Å². The van der Waals surface area contributed by atoms with Gasteiger partial charge in [0, 0.05) is 11.1 Å². The lowest BCUT2D eigenvalue weighted by Gasteiger charge is -2.12. The number of pyridine rings is 1. The standard InChI is InChI=1S/C15H18N2O/c1-4-11-6-5-7-12-10(3)17-14(8-13(11)12)9(2)15(16)18/h5-9H,4H2,1-3H3,(H2,16,18). The van der Waals surface area contributed by atoms with Crippen molar-refractivity contribution in [3.05, 3.63) is 41.2 Å². The van der Waals surface area contributed by atoms with E-state index in [0.717, 1.165) is 23.2 Å². The molecule has 0 saturated carbocycles. The van der Waals surface area contributed by atoms with Crippen LogP contribution in [0, 0.1) is 6.92 Å². The molecule has 1 aromatic heterocycles. The Morgan fingerprint density at radius 2 is 2.11 bits per heavy atom. The second-order valence-corrected chi connectivity index (χ2v) is 4.62. The maximum absolute atomic E-state index is 11.3. The third-order valence-corrected chi connectivity index (χ3v) is 3.43. The van der Waals surface area contributed by atoms with Crippen molar-refractivity contribution in [2.24, 2.45) is 5.73 Å². The molecule has 3 heteroatoms. The lowest BCUT2D eigenvalue weighted by molar-refractivity contribution is -0.119. The van der Waals surface area contributed by atoms with Crippen molar-refractivity contribution in [2.45, 2.75) is 33.1 Å². The van der Waals surface area contributed by atoms with Gasteiger partial charge in [-0.05, 0) is 37.3 Å². The average Bonchev–Trinajstić information content (AvgIpc) is 2.37. The normalized spacial score (nSPS) is 12.6. The first kappa shape index (κ1) is 12.6. The van der Waals surface area contributed by atoms with Crippen LogP contribution in [-0.2, 0) is 11.2 Å². The first-order valence-corrected chi connectivity index (χ1v) is 6.23. The number of nitrogens with two attached hydrogens (primary N) is 1. The minimum atomic E-state index is -0.349. The van der Waals surface area contributed by atoms with Gasteiger partial charge in [-0.3, -0.25) is 9.78 Å². The lowest BCUT2D eigenvalue weighted by Crippen LogP contribution is -2.19. The average molecular weight is 242 g/mol. The van der Waals surface area contributed by atoms with Crippen LogP contribution >= 0.6 is 0 Å². The Bertz CT molecular complexity index is 605. The summed E-state index contributed by atoms with van der Waals surface area (Å²) in [4.78, 5) is 15.8. The Labute approximate surface area is 107 Å². The fourth-order valence-corrected chi connectivity index (χ4v) is 2.21. The van der Waals surface area contributed by atoms with Crippen molar-refractivity contribution in [3.63, 3.8) is 0 Å². The van der Waals surface area contributed by atoms with Gasteiger partial charge in [0.05, 0.1) is 11.6 Å². The highest BCUT2D eigenvalue weighted by molar-refractivity contribution is 5.89. The van der Waals surface area contributed by atoms with Gasteiger partial charge in [0.2, 0.25) is 5.91 Å². The van der Waals surface area contributed by atoms with Gasteiger partial charge in [-0.15, -0.1) is 0 Å². The Morgan fingerprint density at radius 1 is 1.39 bits per heavy atom. The minimum absolute atomic E-state index is 0.338. The zero-order valence-electron chi connectivity index (χ0n) is 11.0. The largest absolute Gasteiger partial charge is 0.369 e. The molecule has 0 aliphatic rings. The summed E-state index contributed by atoms with van der Waals surface area (Å²) in [5.41, 5.74) is 8.34. The molecule has 1 atom stereocenters. The van der Waals surface area contributed by atoms with E-state index in [9.17, 15) is 4.79 Å². The van der Waals surface area contributed by atoms with Crippen LogP contribution in [-0.4, -0.2) is 10.9 Å². The highest BCUT2D eigenvalue weighted by Crippen LogP contribution is 2.25. The zero-order chi connectivity index (χ0) is 13.3. The molecule has 1 aromatic carbocycles. The van der Waals surface area contributed by atoms with Crippen LogP contribution in [0.15, 0.2) is 24.3 Å². The number of primary amides is 1. The number of benzene rings is 1. The third kappa shape index (κ3) is 2.08. The molecule has 94 valence electrons. The molecule has 2 N–H and O–H groups in total. The quantitative estimate of drug-likeness (QED) is 0.899. The fourth-order valence-electron chi connectivity index (χ4n) is 2.21. The van der Waals surface area contributed by atoms with E-state index in [0.29, 0.717) is 0 Å². The molecular formula is C15H18N2O. The second kappa shape index (κ2) is 4.77. The number of fused-ring (bicyclic) bond motifs is 1. The van der Waals surface area contributed by atoms with Crippen LogP contribution in [0.3, 0.4) is 0 Å². The summed E-state index contributed by atoms with van der Waals surface area (Å²) >= 11 is 0. The van der Waals surface area contributed by atoms with Gasteiger partial charge in [-0.2, -0.15) is 0 Å². The number of amides is 1. The summed E-state index contributed by atoms with van der Waals surface area (Å²) in [6.45, 7) is 5.89. The summed E-state index contributed by atoms with van der Waals surface area (Å²) in [6.07, 6.45) is 0.963. The van der Waals surface area contributed by atoms with E-state index in [1.165, 1.54) is 10.9 Å². The van der Waals surface area contributed by atoms with Crippen LogP contribution < -0.4 is 5.73 Å². The first-order chi connectivity index (χ1) is 8.54. The van der Waals surface area contributed by atoms with Gasteiger partial charge < -0.3 is 5.73 Å². The summed E-state index contributed by atoms with van der Waals surface area (Å²) in [5, 5.41) is 2.32. The molecule has 18 heavy (non-hydrogen) atoms. The van der Waals surface area contributed by atoms with E-state index in [1.54, 1.807) is 6.92 Å². The molecule has 0 radical (unpaired) electrons. The molecule has 0 spiro atoms. The van der Waals surface area contributed by atoms with Crippen molar-refractivity contribution in [2.75, 3.05) is 0 Å². The van der Waals surface area contributed by atoms with Crippen LogP contribution in [0.4, 0.5) is 0 Å². The van der Waals surface area contributed by atoms with E-state index in [-0.39, 0.29) is 11.8 Å². The topological polar surface area (TPSA) is 56.0 Å². The molecule has 0 bridgehead atoms. The molecule has 0 aliphatic carbocycles. The van der Waals surface area contributed by atoms with Crippen molar-refractivity contribution in [1.29, 1.82) is 0 Å². The molecule has 1 unspecified atom stereocenters. The maximum atomic E-state index is 11.3. The molecular weight excluding hydrogens is 224 g/mol. The number of aryl methyl sites for hydroxylation is 2.